The summed E-state index contributed by atoms with van der Waals surface area (Å²) in [6.45, 7) is 0. The second-order valence-electron chi connectivity index (χ2n) is 14.8. The monoisotopic (exact) mass is 715 g/mol. The summed E-state index contributed by atoms with van der Waals surface area (Å²) in [5.74, 6) is 2.19. The van der Waals surface area contributed by atoms with Gasteiger partial charge in [-0.1, -0.05) is 152 Å². The molecule has 0 radical (unpaired) electrons. The van der Waals surface area contributed by atoms with E-state index in [0.29, 0.717) is 11.5 Å². The van der Waals surface area contributed by atoms with Gasteiger partial charge in [-0.2, -0.15) is 0 Å². The zero-order valence-corrected chi connectivity index (χ0v) is 29.9. The van der Waals surface area contributed by atoms with E-state index in [9.17, 15) is 0 Å². The van der Waals surface area contributed by atoms with E-state index in [4.69, 9.17) is 19.1 Å². The quantitative estimate of drug-likeness (QED) is 0.179. The zero-order chi connectivity index (χ0) is 36.5. The number of hydrogen-bond donors (Lipinski definition) is 0. The third kappa shape index (κ3) is 3.69. The van der Waals surface area contributed by atoms with Crippen LogP contribution in [-0.4, -0.2) is 14.5 Å². The minimum Gasteiger partial charge on any atom is -0.454 e. The first-order chi connectivity index (χ1) is 27.8. The molecule has 56 heavy (non-hydrogen) atoms. The maximum absolute atomic E-state index is 7.22. The van der Waals surface area contributed by atoms with E-state index < -0.39 is 5.41 Å². The van der Waals surface area contributed by atoms with Gasteiger partial charge in [0.25, 0.3) is 0 Å². The van der Waals surface area contributed by atoms with Crippen molar-refractivity contribution < 1.29 is 9.15 Å². The van der Waals surface area contributed by atoms with Crippen molar-refractivity contribution in [2.45, 2.75) is 5.41 Å². The molecule has 0 saturated carbocycles. The number of rotatable bonds is 2. The van der Waals surface area contributed by atoms with Crippen molar-refractivity contribution in [3.8, 4) is 39.8 Å². The summed E-state index contributed by atoms with van der Waals surface area (Å²) < 4.78 is 16.1. The van der Waals surface area contributed by atoms with Crippen LogP contribution in [0.25, 0.3) is 83.0 Å². The van der Waals surface area contributed by atoms with Gasteiger partial charge in [-0.25, -0.2) is 9.97 Å². The molecule has 2 aliphatic rings. The predicted octanol–water partition coefficient (Wildman–Crippen LogP) is 12.8. The van der Waals surface area contributed by atoms with E-state index in [-0.39, 0.29) is 0 Å². The summed E-state index contributed by atoms with van der Waals surface area (Å²) in [7, 11) is 0. The Kier molecular flexibility index (Phi) is 5.77. The molecule has 8 aromatic carbocycles. The van der Waals surface area contributed by atoms with Gasteiger partial charge in [-0.3, -0.25) is 4.57 Å². The molecule has 5 heteroatoms. The number of hydrogen-bond acceptors (Lipinski definition) is 4. The average Bonchev–Trinajstić information content (AvgIpc) is 3.90. The SMILES string of the molecule is c1ccc2c(c1)Oc1c(ccc3c4ccccc4n(-c4nc(-c5cccc6ccccc56)c5oc6ccccc6c5n4)c13)C21c2ccccc2-c2ccccc21. The summed E-state index contributed by atoms with van der Waals surface area (Å²) in [4.78, 5) is 10.9. The predicted molar refractivity (Wildman–Crippen MR) is 224 cm³/mol. The van der Waals surface area contributed by atoms with Gasteiger partial charge in [-0.05, 0) is 57.3 Å². The van der Waals surface area contributed by atoms with Crippen molar-refractivity contribution in [1.29, 1.82) is 0 Å². The highest BCUT2D eigenvalue weighted by Crippen LogP contribution is 2.63. The lowest BCUT2D eigenvalue weighted by atomic mass is 9.66. The molecule has 11 aromatic rings. The largest absolute Gasteiger partial charge is 0.454 e. The molecule has 13 rings (SSSR count). The summed E-state index contributed by atoms with van der Waals surface area (Å²) >= 11 is 0. The van der Waals surface area contributed by atoms with Crippen LogP contribution in [-0.2, 0) is 5.41 Å². The van der Waals surface area contributed by atoms with Crippen molar-refractivity contribution in [1.82, 2.24) is 14.5 Å². The van der Waals surface area contributed by atoms with Crippen LogP contribution in [0.15, 0.2) is 180 Å². The fourth-order valence-electron chi connectivity index (χ4n) is 9.86. The van der Waals surface area contributed by atoms with Crippen LogP contribution in [0.3, 0.4) is 0 Å². The Bertz CT molecular complexity index is 3430. The highest BCUT2D eigenvalue weighted by Gasteiger charge is 2.51. The van der Waals surface area contributed by atoms with E-state index in [2.05, 4.69) is 162 Å². The first-order valence-electron chi connectivity index (χ1n) is 19.0. The van der Waals surface area contributed by atoms with Gasteiger partial charge in [-0.15, -0.1) is 0 Å². The molecule has 4 heterocycles. The molecule has 0 bridgehead atoms. The average molecular weight is 716 g/mol. The first kappa shape index (κ1) is 29.9. The standard InChI is InChI=1S/C51H29N3O2/c1-2-16-31-30(14-1)15-13-21-35(31)45-49-46(37-20-6-11-26-43(37)55-49)53-50(52-45)54-42-25-10-5-19-34(42)36-28-29-41-48(47(36)54)56-44-27-12-9-24-40(44)51(41)38-22-7-3-17-32(38)33-18-4-8-23-39(33)51/h1-29H. The van der Waals surface area contributed by atoms with Crippen molar-refractivity contribution >= 4 is 54.6 Å². The van der Waals surface area contributed by atoms with E-state index in [1.165, 1.54) is 22.3 Å². The van der Waals surface area contributed by atoms with Gasteiger partial charge in [0, 0.05) is 32.8 Å². The van der Waals surface area contributed by atoms with Crippen LogP contribution in [0.1, 0.15) is 22.3 Å². The summed E-state index contributed by atoms with van der Waals surface area (Å²) in [5, 5.41) is 5.34. The molecule has 0 saturated heterocycles. The van der Waals surface area contributed by atoms with Crippen molar-refractivity contribution in [3.05, 3.63) is 198 Å². The van der Waals surface area contributed by atoms with E-state index in [1.807, 2.05) is 18.2 Å². The Morgan fingerprint density at radius 1 is 0.464 bits per heavy atom. The highest BCUT2D eigenvalue weighted by atomic mass is 16.5. The second kappa shape index (κ2) is 10.8. The fraction of sp³-hybridized carbons (Fsp3) is 0.0196. The fourth-order valence-corrected chi connectivity index (χ4v) is 9.86. The van der Waals surface area contributed by atoms with Gasteiger partial charge in [0.05, 0.1) is 10.9 Å². The Morgan fingerprint density at radius 3 is 1.95 bits per heavy atom. The lowest BCUT2D eigenvalue weighted by Gasteiger charge is -2.39. The van der Waals surface area contributed by atoms with Crippen LogP contribution in [0, 0.1) is 0 Å². The minimum atomic E-state index is -0.605. The number of para-hydroxylation sites is 3. The first-order valence-corrected chi connectivity index (χ1v) is 19.0. The van der Waals surface area contributed by atoms with E-state index in [1.54, 1.807) is 0 Å². The number of fused-ring (bicyclic) bond motifs is 17. The maximum Gasteiger partial charge on any atom is 0.236 e. The maximum atomic E-state index is 7.22. The summed E-state index contributed by atoms with van der Waals surface area (Å²) in [5.41, 5.74) is 12.5. The molecule has 3 aromatic heterocycles. The molecule has 260 valence electrons. The minimum absolute atomic E-state index is 0.551. The molecular weight excluding hydrogens is 687 g/mol. The highest BCUT2D eigenvalue weighted by molar-refractivity contribution is 6.13. The third-order valence-corrected chi connectivity index (χ3v) is 12.1. The topological polar surface area (TPSA) is 53.1 Å². The molecule has 1 aliphatic carbocycles. The van der Waals surface area contributed by atoms with E-state index >= 15 is 0 Å². The Hall–Kier alpha value is -7.50. The smallest absolute Gasteiger partial charge is 0.236 e. The van der Waals surface area contributed by atoms with Gasteiger partial charge < -0.3 is 9.15 Å². The number of nitrogens with zero attached hydrogens (tertiary/aromatic N) is 3. The van der Waals surface area contributed by atoms with Crippen LogP contribution >= 0.6 is 0 Å². The second-order valence-corrected chi connectivity index (χ2v) is 14.8. The molecule has 0 amide bonds. The number of furan rings is 1. The van der Waals surface area contributed by atoms with Gasteiger partial charge >= 0.3 is 0 Å². The van der Waals surface area contributed by atoms with Crippen molar-refractivity contribution in [2.24, 2.45) is 0 Å². The van der Waals surface area contributed by atoms with Crippen molar-refractivity contribution in [2.75, 3.05) is 0 Å². The van der Waals surface area contributed by atoms with Crippen LogP contribution in [0.4, 0.5) is 0 Å². The van der Waals surface area contributed by atoms with E-state index in [0.717, 1.165) is 82.9 Å². The summed E-state index contributed by atoms with van der Waals surface area (Å²) in [6, 6.07) is 62.2. The molecule has 0 fully saturated rings. The molecule has 0 N–H and O–H groups in total. The lowest BCUT2D eigenvalue weighted by molar-refractivity contribution is 0.440. The molecule has 1 aliphatic heterocycles. The number of benzene rings is 8. The van der Waals surface area contributed by atoms with Crippen LogP contribution < -0.4 is 4.74 Å². The van der Waals surface area contributed by atoms with Gasteiger partial charge in [0.2, 0.25) is 5.95 Å². The number of ether oxygens (including phenoxy) is 1. The zero-order valence-electron chi connectivity index (χ0n) is 29.9. The van der Waals surface area contributed by atoms with Crippen LogP contribution in [0.5, 0.6) is 11.5 Å². The Morgan fingerprint density at radius 2 is 1.11 bits per heavy atom. The number of aromatic nitrogens is 3. The Balaban J connectivity index is 1.20. The molecule has 0 unspecified atom stereocenters. The normalized spacial score (nSPS) is 13.6. The molecule has 5 nitrogen and oxygen atoms in total. The third-order valence-electron chi connectivity index (χ3n) is 12.1. The molecular formula is C51H29N3O2. The van der Waals surface area contributed by atoms with Gasteiger partial charge in [0.15, 0.2) is 11.3 Å². The van der Waals surface area contributed by atoms with Crippen LogP contribution in [0.2, 0.25) is 0 Å². The van der Waals surface area contributed by atoms with Crippen molar-refractivity contribution in [3.63, 3.8) is 0 Å². The molecule has 1 spiro atoms. The Labute approximate surface area is 320 Å². The lowest BCUT2D eigenvalue weighted by Crippen LogP contribution is -2.32. The molecule has 0 atom stereocenters. The summed E-state index contributed by atoms with van der Waals surface area (Å²) in [6.07, 6.45) is 0. The van der Waals surface area contributed by atoms with Gasteiger partial charge in [0.1, 0.15) is 28.1 Å².